The molecule has 5 heteroatoms. The maximum Gasteiger partial charge on any atom is 0.227 e. The molecule has 0 unspecified atom stereocenters. The Morgan fingerprint density at radius 2 is 2.44 bits per heavy atom. The molecule has 1 aromatic rings. The number of nitrogens with zero attached hydrogens (tertiary/aromatic N) is 1. The summed E-state index contributed by atoms with van der Waals surface area (Å²) in [4.78, 5) is 11.7. The molecular weight excluding hydrogens is 232 g/mol. The molecule has 1 aliphatic rings. The largest absolute Gasteiger partial charge is 0.506 e. The first-order chi connectivity index (χ1) is 8.69. The average molecular weight is 246 g/mol. The molecular formula is C13H14N2O3. The minimum atomic E-state index is -0.215. The van der Waals surface area contributed by atoms with Crippen LogP contribution in [0.25, 0.3) is 0 Å². The number of carbonyl (C=O) groups is 1. The van der Waals surface area contributed by atoms with Gasteiger partial charge >= 0.3 is 0 Å². The lowest BCUT2D eigenvalue weighted by molar-refractivity contribution is -0.118. The molecule has 1 saturated heterocycles. The summed E-state index contributed by atoms with van der Waals surface area (Å²) < 4.78 is 5.36. The SMILES string of the molecule is N#Cc1ccc(O)c(NC(=O)C[C@H]2CCCO2)c1. The van der Waals surface area contributed by atoms with Crippen molar-refractivity contribution in [1.29, 1.82) is 5.26 Å². The van der Waals surface area contributed by atoms with Gasteiger partial charge in [0.25, 0.3) is 0 Å². The van der Waals surface area contributed by atoms with E-state index in [4.69, 9.17) is 10.00 Å². The molecule has 0 aromatic heterocycles. The van der Waals surface area contributed by atoms with Crippen LogP contribution in [0.3, 0.4) is 0 Å². The fourth-order valence-electron chi connectivity index (χ4n) is 1.92. The predicted molar refractivity (Wildman–Crippen MR) is 65.0 cm³/mol. The van der Waals surface area contributed by atoms with Crippen LogP contribution in [-0.4, -0.2) is 23.7 Å². The molecule has 1 aromatic carbocycles. The van der Waals surface area contributed by atoms with Crippen molar-refractivity contribution in [2.45, 2.75) is 25.4 Å². The Bertz CT molecular complexity index is 487. The lowest BCUT2D eigenvalue weighted by atomic mass is 10.1. The first-order valence-corrected chi connectivity index (χ1v) is 5.83. The summed E-state index contributed by atoms with van der Waals surface area (Å²) in [5.74, 6) is -0.262. The van der Waals surface area contributed by atoms with Crippen LogP contribution in [0.15, 0.2) is 18.2 Å². The van der Waals surface area contributed by atoms with E-state index >= 15 is 0 Å². The van der Waals surface area contributed by atoms with Crippen LogP contribution in [0.2, 0.25) is 0 Å². The van der Waals surface area contributed by atoms with Crippen LogP contribution in [0.5, 0.6) is 5.75 Å². The molecule has 18 heavy (non-hydrogen) atoms. The third kappa shape index (κ3) is 2.99. The number of nitrogens with one attached hydrogen (secondary N) is 1. The number of hydrogen-bond acceptors (Lipinski definition) is 4. The fraction of sp³-hybridized carbons (Fsp3) is 0.385. The molecule has 0 saturated carbocycles. The third-order valence-corrected chi connectivity index (χ3v) is 2.84. The Hall–Kier alpha value is -2.06. The zero-order valence-electron chi connectivity index (χ0n) is 9.85. The summed E-state index contributed by atoms with van der Waals surface area (Å²) in [5, 5.41) is 20.9. The van der Waals surface area contributed by atoms with Gasteiger partial charge in [0.1, 0.15) is 5.75 Å². The molecule has 1 heterocycles. The number of hydrogen-bond donors (Lipinski definition) is 2. The molecule has 0 aliphatic carbocycles. The monoisotopic (exact) mass is 246 g/mol. The van der Waals surface area contributed by atoms with Gasteiger partial charge in [-0.15, -0.1) is 0 Å². The Labute approximate surface area is 105 Å². The van der Waals surface area contributed by atoms with Crippen LogP contribution in [-0.2, 0) is 9.53 Å². The topological polar surface area (TPSA) is 82.4 Å². The molecule has 0 spiro atoms. The van der Waals surface area contributed by atoms with E-state index in [2.05, 4.69) is 5.32 Å². The predicted octanol–water partition coefficient (Wildman–Crippen LogP) is 1.77. The number of rotatable bonds is 3. The Kier molecular flexibility index (Phi) is 3.80. The molecule has 5 nitrogen and oxygen atoms in total. The van der Waals surface area contributed by atoms with Gasteiger partial charge in [0.05, 0.1) is 29.8 Å². The number of ether oxygens (including phenoxy) is 1. The second-order valence-corrected chi connectivity index (χ2v) is 4.23. The number of carbonyl (C=O) groups excluding carboxylic acids is 1. The van der Waals surface area contributed by atoms with Gasteiger partial charge in [-0.25, -0.2) is 0 Å². The zero-order valence-corrected chi connectivity index (χ0v) is 9.85. The maximum absolute atomic E-state index is 11.7. The highest BCUT2D eigenvalue weighted by molar-refractivity contribution is 5.92. The van der Waals surface area contributed by atoms with E-state index in [1.54, 1.807) is 0 Å². The smallest absolute Gasteiger partial charge is 0.227 e. The fourth-order valence-corrected chi connectivity index (χ4v) is 1.92. The van der Waals surface area contributed by atoms with E-state index in [0.29, 0.717) is 12.2 Å². The minimum Gasteiger partial charge on any atom is -0.506 e. The number of amides is 1. The van der Waals surface area contributed by atoms with Gasteiger partial charge in [-0.2, -0.15) is 5.26 Å². The van der Waals surface area contributed by atoms with Crippen LogP contribution in [0, 0.1) is 11.3 Å². The van der Waals surface area contributed by atoms with Crippen LogP contribution in [0.4, 0.5) is 5.69 Å². The molecule has 94 valence electrons. The number of phenolic OH excluding ortho intramolecular Hbond substituents is 1. The van der Waals surface area contributed by atoms with Crippen molar-refractivity contribution in [3.05, 3.63) is 23.8 Å². The highest BCUT2D eigenvalue weighted by atomic mass is 16.5. The molecule has 0 bridgehead atoms. The minimum absolute atomic E-state index is 0.0358. The van der Waals surface area contributed by atoms with Crippen LogP contribution in [0.1, 0.15) is 24.8 Å². The third-order valence-electron chi connectivity index (χ3n) is 2.84. The first kappa shape index (κ1) is 12.4. The summed E-state index contributed by atoms with van der Waals surface area (Å²) in [5.41, 5.74) is 0.650. The van der Waals surface area contributed by atoms with Crippen molar-refractivity contribution in [2.24, 2.45) is 0 Å². The lowest BCUT2D eigenvalue weighted by Crippen LogP contribution is -2.19. The second kappa shape index (κ2) is 5.52. The van der Waals surface area contributed by atoms with Crippen LogP contribution < -0.4 is 5.32 Å². The molecule has 1 amide bonds. The highest BCUT2D eigenvalue weighted by Gasteiger charge is 2.19. The van der Waals surface area contributed by atoms with Crippen LogP contribution >= 0.6 is 0 Å². The first-order valence-electron chi connectivity index (χ1n) is 5.83. The molecule has 1 atom stereocenters. The van der Waals surface area contributed by atoms with E-state index in [0.717, 1.165) is 12.8 Å². The quantitative estimate of drug-likeness (QED) is 0.796. The maximum atomic E-state index is 11.7. The van der Waals surface area contributed by atoms with Crippen molar-refractivity contribution in [1.82, 2.24) is 0 Å². The number of aromatic hydroxyl groups is 1. The Morgan fingerprint density at radius 1 is 1.61 bits per heavy atom. The van der Waals surface area contributed by atoms with Crippen molar-refractivity contribution >= 4 is 11.6 Å². The summed E-state index contributed by atoms with van der Waals surface area (Å²) in [6.07, 6.45) is 2.10. The van der Waals surface area contributed by atoms with E-state index in [-0.39, 0.29) is 29.9 Å². The van der Waals surface area contributed by atoms with Gasteiger partial charge in [0.2, 0.25) is 5.91 Å². The summed E-state index contributed by atoms with van der Waals surface area (Å²) >= 11 is 0. The zero-order chi connectivity index (χ0) is 13.0. The van der Waals surface area contributed by atoms with Gasteiger partial charge < -0.3 is 15.2 Å². The average Bonchev–Trinajstić information content (AvgIpc) is 2.84. The number of benzene rings is 1. The van der Waals surface area contributed by atoms with Crippen molar-refractivity contribution in [2.75, 3.05) is 11.9 Å². The molecule has 2 N–H and O–H groups in total. The lowest BCUT2D eigenvalue weighted by Gasteiger charge is -2.11. The van der Waals surface area contributed by atoms with E-state index in [9.17, 15) is 9.90 Å². The highest BCUT2D eigenvalue weighted by Crippen LogP contribution is 2.24. The molecule has 1 aliphatic heterocycles. The number of anilines is 1. The number of nitriles is 1. The molecule has 0 radical (unpaired) electrons. The standard InChI is InChI=1S/C13H14N2O3/c14-8-9-3-4-12(16)11(6-9)15-13(17)7-10-2-1-5-18-10/h3-4,6,10,16H,1-2,5,7H2,(H,15,17)/t10-/m1/s1. The summed E-state index contributed by atoms with van der Waals surface area (Å²) in [6, 6.07) is 6.28. The van der Waals surface area contributed by atoms with Gasteiger partial charge in [-0.05, 0) is 31.0 Å². The van der Waals surface area contributed by atoms with E-state index < -0.39 is 0 Å². The van der Waals surface area contributed by atoms with Gasteiger partial charge in [-0.3, -0.25) is 4.79 Å². The van der Waals surface area contributed by atoms with Crippen molar-refractivity contribution in [3.8, 4) is 11.8 Å². The van der Waals surface area contributed by atoms with Crippen molar-refractivity contribution in [3.63, 3.8) is 0 Å². The van der Waals surface area contributed by atoms with E-state index in [1.165, 1.54) is 18.2 Å². The molecule has 2 rings (SSSR count). The summed E-state index contributed by atoms with van der Waals surface area (Å²) in [7, 11) is 0. The van der Waals surface area contributed by atoms with E-state index in [1.807, 2.05) is 6.07 Å². The van der Waals surface area contributed by atoms with Gasteiger partial charge in [0, 0.05) is 6.61 Å². The Morgan fingerprint density at radius 3 is 3.11 bits per heavy atom. The summed E-state index contributed by atoms with van der Waals surface area (Å²) in [6.45, 7) is 0.702. The number of phenols is 1. The van der Waals surface area contributed by atoms with Gasteiger partial charge in [0.15, 0.2) is 0 Å². The second-order valence-electron chi connectivity index (χ2n) is 4.23. The van der Waals surface area contributed by atoms with Gasteiger partial charge in [-0.1, -0.05) is 0 Å². The van der Waals surface area contributed by atoms with Crippen molar-refractivity contribution < 1.29 is 14.6 Å². The Balaban J connectivity index is 1.99. The normalized spacial score (nSPS) is 18.3. The molecule has 1 fully saturated rings.